The van der Waals surface area contributed by atoms with Crippen LogP contribution < -0.4 is 28.5 Å². The van der Waals surface area contributed by atoms with E-state index in [1.54, 1.807) is 12.1 Å². The summed E-state index contributed by atoms with van der Waals surface area (Å²) in [5.41, 5.74) is 2.84. The van der Waals surface area contributed by atoms with Gasteiger partial charge in [-0.05, 0) is 17.7 Å². The summed E-state index contributed by atoms with van der Waals surface area (Å²) in [5, 5.41) is 1.16. The first-order valence-electron chi connectivity index (χ1n) is 6.56. The molecule has 0 bridgehead atoms. The molecule has 3 aromatic rings. The van der Waals surface area contributed by atoms with E-state index in [4.69, 9.17) is 0 Å². The van der Waals surface area contributed by atoms with Crippen LogP contribution in [0.15, 0.2) is 60.8 Å². The molecule has 0 N–H and O–H groups in total. The molecular weight excluding hydrogens is 376 g/mol. The van der Waals surface area contributed by atoms with Crippen molar-refractivity contribution in [1.82, 2.24) is 0 Å². The zero-order valence-electron chi connectivity index (χ0n) is 11.6. The second kappa shape index (κ2) is 6.80. The van der Waals surface area contributed by atoms with Crippen LogP contribution in [-0.4, -0.2) is 0 Å². The Bertz CT molecular complexity index is 796. The Morgan fingerprint density at radius 3 is 2.33 bits per heavy atom. The second-order valence-corrected chi connectivity index (χ2v) is 4.75. The minimum atomic E-state index is -0.199. The molecule has 0 amide bonds. The van der Waals surface area contributed by atoms with E-state index in [9.17, 15) is 4.39 Å². The molecule has 1 aromatic heterocycles. The number of nitrogens with zero attached hydrogens (tertiary/aromatic N) is 1. The van der Waals surface area contributed by atoms with Gasteiger partial charge in [-0.1, -0.05) is 42.5 Å². The summed E-state index contributed by atoms with van der Waals surface area (Å²) in [5.74, 6) is -0.199. The third-order valence-electron chi connectivity index (χ3n) is 3.42. The van der Waals surface area contributed by atoms with Crippen LogP contribution in [0.5, 0.6) is 0 Å². The summed E-state index contributed by atoms with van der Waals surface area (Å²) in [4.78, 5) is 0. The molecule has 106 valence electrons. The second-order valence-electron chi connectivity index (χ2n) is 4.75. The van der Waals surface area contributed by atoms with Crippen molar-refractivity contribution in [1.29, 1.82) is 0 Å². The van der Waals surface area contributed by atoms with Crippen molar-refractivity contribution < 1.29 is 32.9 Å². The summed E-state index contributed by atoms with van der Waals surface area (Å²) in [6, 6.07) is 17.0. The quantitative estimate of drug-likeness (QED) is 0.453. The zero-order valence-corrected chi connectivity index (χ0v) is 13.8. The number of aryl methyl sites for hydroxylation is 1. The van der Waals surface area contributed by atoms with Gasteiger partial charge >= 0.3 is 0 Å². The van der Waals surface area contributed by atoms with Gasteiger partial charge in [-0.3, -0.25) is 0 Å². The van der Waals surface area contributed by atoms with Gasteiger partial charge in [0.15, 0.2) is 6.20 Å². The number of aromatic nitrogens is 1. The van der Waals surface area contributed by atoms with Crippen LogP contribution in [-0.2, 0) is 7.05 Å². The summed E-state index contributed by atoms with van der Waals surface area (Å²) in [7, 11) is 2.02. The number of hydrogen-bond donors (Lipinski definition) is 0. The largest absolute Gasteiger partial charge is 1.00 e. The number of rotatable bonds is 2. The first kappa shape index (κ1) is 15.6. The lowest BCUT2D eigenvalue weighted by molar-refractivity contribution is -0.644. The monoisotopic (exact) mass is 391 g/mol. The third kappa shape index (κ3) is 3.29. The Morgan fingerprint density at radius 2 is 1.52 bits per heavy atom. The standard InChI is InChI=1S/C18H15FN.HI/c1-20-13-12-14(16-7-3-5-9-18(16)20)10-11-15-6-2-4-8-17(15)19;/h2-13H,1H3;1H/q+1;/p-1/b11-10+;. The Kier molecular flexibility index (Phi) is 5.07. The molecule has 0 unspecified atom stereocenters. The first-order chi connectivity index (χ1) is 9.75. The zero-order chi connectivity index (χ0) is 13.9. The third-order valence-corrected chi connectivity index (χ3v) is 3.42. The molecule has 0 aliphatic heterocycles. The first-order valence-corrected chi connectivity index (χ1v) is 6.56. The van der Waals surface area contributed by atoms with Crippen molar-refractivity contribution >= 4 is 23.1 Å². The minimum absolute atomic E-state index is 0. The minimum Gasteiger partial charge on any atom is -1.00 e. The fraction of sp³-hybridized carbons (Fsp3) is 0.0556. The van der Waals surface area contributed by atoms with Crippen LogP contribution in [0.3, 0.4) is 0 Å². The van der Waals surface area contributed by atoms with Crippen molar-refractivity contribution in [3.05, 3.63) is 77.7 Å². The highest BCUT2D eigenvalue weighted by atomic mass is 127. The summed E-state index contributed by atoms with van der Waals surface area (Å²) in [6.07, 6.45) is 5.79. The van der Waals surface area contributed by atoms with Crippen LogP contribution >= 0.6 is 0 Å². The normalized spacial score (nSPS) is 10.8. The van der Waals surface area contributed by atoms with E-state index in [0.717, 1.165) is 16.5 Å². The molecule has 0 aliphatic carbocycles. The Balaban J connectivity index is 0.00000161. The van der Waals surface area contributed by atoms with Crippen LogP contribution in [0.2, 0.25) is 0 Å². The Labute approximate surface area is 140 Å². The van der Waals surface area contributed by atoms with Gasteiger partial charge in [0.05, 0.1) is 5.39 Å². The Hall–Kier alpha value is -1.75. The van der Waals surface area contributed by atoms with Crippen molar-refractivity contribution in [2.24, 2.45) is 7.05 Å². The highest BCUT2D eigenvalue weighted by Gasteiger charge is 2.06. The molecule has 0 saturated carbocycles. The number of benzene rings is 2. The van der Waals surface area contributed by atoms with Crippen LogP contribution in [0.1, 0.15) is 11.1 Å². The molecule has 21 heavy (non-hydrogen) atoms. The van der Waals surface area contributed by atoms with Gasteiger partial charge in [-0.15, -0.1) is 0 Å². The van der Waals surface area contributed by atoms with Crippen molar-refractivity contribution in [3.8, 4) is 0 Å². The lowest BCUT2D eigenvalue weighted by Crippen LogP contribution is -3.00. The van der Waals surface area contributed by atoms with Gasteiger partial charge in [0.2, 0.25) is 5.52 Å². The highest BCUT2D eigenvalue weighted by Crippen LogP contribution is 2.18. The van der Waals surface area contributed by atoms with E-state index in [0.29, 0.717) is 5.56 Å². The average Bonchev–Trinajstić information content (AvgIpc) is 2.48. The van der Waals surface area contributed by atoms with Gasteiger partial charge in [0, 0.05) is 17.7 Å². The summed E-state index contributed by atoms with van der Waals surface area (Å²) >= 11 is 0. The topological polar surface area (TPSA) is 3.88 Å². The van der Waals surface area contributed by atoms with Crippen LogP contribution in [0.25, 0.3) is 23.1 Å². The molecule has 0 saturated heterocycles. The number of hydrogen-bond acceptors (Lipinski definition) is 0. The van der Waals surface area contributed by atoms with E-state index in [1.165, 1.54) is 6.07 Å². The van der Waals surface area contributed by atoms with Crippen LogP contribution in [0.4, 0.5) is 4.39 Å². The van der Waals surface area contributed by atoms with E-state index < -0.39 is 0 Å². The molecule has 3 rings (SSSR count). The van der Waals surface area contributed by atoms with Gasteiger partial charge in [-0.2, -0.15) is 0 Å². The van der Waals surface area contributed by atoms with Crippen molar-refractivity contribution in [2.75, 3.05) is 0 Å². The van der Waals surface area contributed by atoms with Crippen molar-refractivity contribution in [2.45, 2.75) is 0 Å². The predicted octanol–water partition coefficient (Wildman–Crippen LogP) is 0.978. The van der Waals surface area contributed by atoms with Gasteiger partial charge in [0.1, 0.15) is 12.9 Å². The van der Waals surface area contributed by atoms with E-state index >= 15 is 0 Å². The van der Waals surface area contributed by atoms with E-state index in [2.05, 4.69) is 16.7 Å². The fourth-order valence-electron chi connectivity index (χ4n) is 2.32. The molecule has 3 heteroatoms. The molecule has 0 fully saturated rings. The molecule has 0 radical (unpaired) electrons. The molecule has 1 nitrogen and oxygen atoms in total. The van der Waals surface area contributed by atoms with Gasteiger partial charge in [-0.25, -0.2) is 8.96 Å². The van der Waals surface area contributed by atoms with Crippen molar-refractivity contribution in [3.63, 3.8) is 0 Å². The van der Waals surface area contributed by atoms with E-state index in [1.807, 2.05) is 49.7 Å². The molecular formula is C18H15FIN. The molecule has 2 aromatic carbocycles. The fourth-order valence-corrected chi connectivity index (χ4v) is 2.32. The van der Waals surface area contributed by atoms with Gasteiger partial charge < -0.3 is 24.0 Å². The maximum atomic E-state index is 13.6. The molecule has 1 heterocycles. The average molecular weight is 391 g/mol. The number of halogens is 2. The number of pyridine rings is 1. The summed E-state index contributed by atoms with van der Waals surface area (Å²) < 4.78 is 15.7. The maximum absolute atomic E-state index is 13.6. The van der Waals surface area contributed by atoms with Gasteiger partial charge in [0.25, 0.3) is 0 Å². The maximum Gasteiger partial charge on any atom is 0.212 e. The van der Waals surface area contributed by atoms with Crippen LogP contribution in [0, 0.1) is 5.82 Å². The Morgan fingerprint density at radius 1 is 0.857 bits per heavy atom. The SMILES string of the molecule is C[n+]1ccc(/C=C/c2ccccc2F)c2ccccc21.[I-]. The number of fused-ring (bicyclic) bond motifs is 1. The smallest absolute Gasteiger partial charge is 0.212 e. The molecule has 0 aliphatic rings. The predicted molar refractivity (Wildman–Crippen MR) is 80.5 cm³/mol. The van der Waals surface area contributed by atoms with E-state index in [-0.39, 0.29) is 29.8 Å². The summed E-state index contributed by atoms with van der Waals surface area (Å²) in [6.45, 7) is 0. The lowest BCUT2D eigenvalue weighted by atomic mass is 10.1. The lowest BCUT2D eigenvalue weighted by Gasteiger charge is -2.01. The molecule has 0 atom stereocenters. The number of para-hydroxylation sites is 1. The molecule has 0 spiro atoms. The highest BCUT2D eigenvalue weighted by molar-refractivity contribution is 5.88.